The number of nitrogens with two attached hydrogens (primary N) is 1. The minimum Gasteiger partial charge on any atom is -0.477 e. The first kappa shape index (κ1) is 29.3. The third-order valence-corrected chi connectivity index (χ3v) is 6.19. The maximum atomic E-state index is 14.9. The van der Waals surface area contributed by atoms with Crippen LogP contribution in [-0.2, 0) is 0 Å². The fourth-order valence-corrected chi connectivity index (χ4v) is 4.71. The lowest BCUT2D eigenvalue weighted by Crippen LogP contribution is -2.51. The van der Waals surface area contributed by atoms with E-state index in [0.29, 0.717) is 6.07 Å². The molecule has 2 aromatic heterocycles. The lowest BCUT2D eigenvalue weighted by Gasteiger charge is -2.38. The van der Waals surface area contributed by atoms with Gasteiger partial charge in [0, 0.05) is 19.2 Å². The van der Waals surface area contributed by atoms with Gasteiger partial charge in [-0.1, -0.05) is 11.6 Å². The normalized spacial score (nSPS) is 12.9. The van der Waals surface area contributed by atoms with Crippen LogP contribution in [0.3, 0.4) is 0 Å². The van der Waals surface area contributed by atoms with Gasteiger partial charge in [0.1, 0.15) is 15.1 Å². The molecule has 0 saturated carbocycles. The van der Waals surface area contributed by atoms with Gasteiger partial charge in [0.15, 0.2) is 23.3 Å². The van der Waals surface area contributed by atoms with Crippen molar-refractivity contribution in [2.45, 2.75) is 6.10 Å². The summed E-state index contributed by atoms with van der Waals surface area (Å²) >= 11 is 7.91. The van der Waals surface area contributed by atoms with Crippen molar-refractivity contribution in [1.82, 2.24) is 9.55 Å². The number of aromatic carboxylic acids is 1. The van der Waals surface area contributed by atoms with Crippen LogP contribution in [0.2, 0.25) is 5.02 Å². The summed E-state index contributed by atoms with van der Waals surface area (Å²) in [6.45, 7) is 0.125. The van der Waals surface area contributed by atoms with Crippen LogP contribution >= 0.6 is 34.2 Å². The molecule has 11 nitrogen and oxygen atoms in total. The molecule has 0 bridgehead atoms. The fraction of sp³-hybridized carbons (Fsp3) is 0.167. The van der Waals surface area contributed by atoms with Crippen LogP contribution in [0.15, 0.2) is 16.9 Å². The molecule has 0 radical (unpaired) electrons. The largest absolute Gasteiger partial charge is 0.477 e. The van der Waals surface area contributed by atoms with E-state index in [1.54, 1.807) is 0 Å². The van der Waals surface area contributed by atoms with Crippen molar-refractivity contribution in [1.29, 1.82) is 0 Å². The molecule has 10 N–H and O–H groups in total. The topological polar surface area (TPSA) is 216 Å². The van der Waals surface area contributed by atoms with E-state index in [2.05, 4.69) is 4.98 Å². The zero-order valence-electron chi connectivity index (χ0n) is 16.7. The Morgan fingerprint density at radius 1 is 1.15 bits per heavy atom. The zero-order valence-corrected chi connectivity index (χ0v) is 19.6. The summed E-state index contributed by atoms with van der Waals surface area (Å²) in [5.41, 5.74) is 3.23. The Bertz CT molecular complexity index is 1350. The third kappa shape index (κ3) is 4.37. The number of aliphatic hydroxyl groups excluding tert-OH is 1. The van der Waals surface area contributed by atoms with Crippen molar-refractivity contribution in [2.24, 2.45) is 0 Å². The van der Waals surface area contributed by atoms with Gasteiger partial charge >= 0.3 is 5.97 Å². The van der Waals surface area contributed by atoms with Gasteiger partial charge < -0.3 is 37.3 Å². The first-order chi connectivity index (χ1) is 14.5. The van der Waals surface area contributed by atoms with Gasteiger partial charge in [-0.25, -0.2) is 22.9 Å². The number of β-amino-alcohol motifs (C(OH)–C–C–N with tert-alkyl or cyclic N) is 1. The van der Waals surface area contributed by atoms with Crippen molar-refractivity contribution in [2.75, 3.05) is 23.7 Å². The van der Waals surface area contributed by atoms with Crippen LogP contribution in [0, 0.1) is 21.2 Å². The molecule has 0 unspecified atom stereocenters. The number of fused-ring (bicyclic) bond motifs is 1. The first-order valence-electron chi connectivity index (χ1n) is 8.57. The molecule has 1 aliphatic heterocycles. The van der Waals surface area contributed by atoms with Crippen molar-refractivity contribution >= 4 is 62.6 Å². The van der Waals surface area contributed by atoms with E-state index < -0.39 is 57.5 Å². The lowest BCUT2D eigenvalue weighted by atomic mass is 10.1. The first-order valence-corrected chi connectivity index (χ1v) is 10.0. The van der Waals surface area contributed by atoms with Gasteiger partial charge in [0.2, 0.25) is 5.43 Å². The highest BCUT2D eigenvalue weighted by Gasteiger charge is 2.33. The minimum atomic E-state index is -1.65. The Hall–Kier alpha value is -2.70. The SMILES string of the molecule is Nc1nc(-n2c(I)c(C(=O)O)c(=O)c3cc(F)c(N4CC(O)C4)c(Cl)c32)c(F)cc1F.O.O.O. The highest BCUT2D eigenvalue weighted by atomic mass is 127. The summed E-state index contributed by atoms with van der Waals surface area (Å²) in [5.74, 6) is -6.25. The number of pyridine rings is 2. The Labute approximate surface area is 206 Å². The highest BCUT2D eigenvalue weighted by Crippen LogP contribution is 2.39. The molecule has 0 atom stereocenters. The number of anilines is 2. The van der Waals surface area contributed by atoms with Crippen LogP contribution < -0.4 is 16.1 Å². The molecule has 0 spiro atoms. The van der Waals surface area contributed by atoms with Crippen molar-refractivity contribution in [3.8, 4) is 5.82 Å². The van der Waals surface area contributed by atoms with Crippen LogP contribution in [0.4, 0.5) is 24.7 Å². The molecule has 4 rings (SSSR count). The Balaban J connectivity index is 0.00000193. The van der Waals surface area contributed by atoms with Gasteiger partial charge in [-0.2, -0.15) is 0 Å². The molecule has 1 saturated heterocycles. The van der Waals surface area contributed by atoms with Crippen LogP contribution in [0.25, 0.3) is 16.7 Å². The standard InChI is InChI=1S/C18H11ClF3IN4O4.3H2O/c19-11-12-6(1-7(20)13(11)26-3-5(28)4-26)14(29)10(18(30)31)15(23)27(12)17-9(22)2-8(21)16(24)25-17;;;/h1-2,5,28H,3-4H2,(H2,24,25)(H,30,31);3*1H2. The van der Waals surface area contributed by atoms with Crippen molar-refractivity contribution < 1.29 is 44.6 Å². The van der Waals surface area contributed by atoms with E-state index >= 15 is 0 Å². The molecular weight excluding hydrogens is 604 g/mol. The van der Waals surface area contributed by atoms with Crippen LogP contribution in [-0.4, -0.2) is 61.4 Å². The number of carboxylic acid groups (broad SMARTS) is 1. The number of hydrogen-bond donors (Lipinski definition) is 3. The molecular formula is C18H17ClF3IN4O7. The molecule has 0 aliphatic carbocycles. The smallest absolute Gasteiger partial charge is 0.342 e. The molecule has 3 heterocycles. The summed E-state index contributed by atoms with van der Waals surface area (Å²) in [5, 5.41) is 18.3. The molecule has 1 fully saturated rings. The quantitative estimate of drug-likeness (QED) is 0.270. The Kier molecular flexibility index (Phi) is 8.87. The summed E-state index contributed by atoms with van der Waals surface area (Å²) in [7, 11) is 0. The van der Waals surface area contributed by atoms with E-state index in [4.69, 9.17) is 17.3 Å². The monoisotopic (exact) mass is 620 g/mol. The van der Waals surface area contributed by atoms with E-state index in [9.17, 15) is 33.0 Å². The van der Waals surface area contributed by atoms with Gasteiger partial charge in [0.05, 0.1) is 27.7 Å². The number of nitrogen functional groups attached to an aromatic ring is 1. The number of carboxylic acids is 1. The number of aliphatic hydroxyl groups is 1. The third-order valence-electron chi connectivity index (χ3n) is 4.81. The Morgan fingerprint density at radius 2 is 1.74 bits per heavy atom. The summed E-state index contributed by atoms with van der Waals surface area (Å²) in [4.78, 5) is 29.6. The number of aromatic nitrogens is 2. The predicted molar refractivity (Wildman–Crippen MR) is 125 cm³/mol. The van der Waals surface area contributed by atoms with E-state index in [0.717, 1.165) is 10.6 Å². The summed E-state index contributed by atoms with van der Waals surface area (Å²) < 4.78 is 43.8. The second-order valence-electron chi connectivity index (χ2n) is 6.77. The zero-order chi connectivity index (χ0) is 22.8. The second-order valence-corrected chi connectivity index (χ2v) is 8.17. The molecule has 186 valence electrons. The number of nitrogens with zero attached hydrogens (tertiary/aromatic N) is 3. The number of carbonyl (C=O) groups is 1. The summed E-state index contributed by atoms with van der Waals surface area (Å²) in [6, 6.07) is 1.23. The molecule has 1 aromatic carbocycles. The molecule has 3 aromatic rings. The second kappa shape index (κ2) is 10.3. The molecule has 1 aliphatic rings. The predicted octanol–water partition coefficient (Wildman–Crippen LogP) is 0.0482. The van der Waals surface area contributed by atoms with E-state index in [1.807, 2.05) is 0 Å². The maximum Gasteiger partial charge on any atom is 0.342 e. The molecule has 0 amide bonds. The molecule has 16 heteroatoms. The van der Waals surface area contributed by atoms with Crippen LogP contribution in [0.5, 0.6) is 0 Å². The molecule has 34 heavy (non-hydrogen) atoms. The van der Waals surface area contributed by atoms with Crippen molar-refractivity contribution in [3.05, 3.63) is 54.1 Å². The van der Waals surface area contributed by atoms with E-state index in [-0.39, 0.29) is 49.4 Å². The average Bonchev–Trinajstić information content (AvgIpc) is 2.64. The number of rotatable bonds is 3. The van der Waals surface area contributed by atoms with Gasteiger partial charge in [-0.3, -0.25) is 9.36 Å². The minimum absolute atomic E-state index is 0. The number of halogens is 5. The van der Waals surface area contributed by atoms with Crippen LogP contribution in [0.1, 0.15) is 10.4 Å². The summed E-state index contributed by atoms with van der Waals surface area (Å²) in [6.07, 6.45) is -0.709. The van der Waals surface area contributed by atoms with Gasteiger partial charge in [0.25, 0.3) is 0 Å². The number of benzene rings is 1. The average molecular weight is 621 g/mol. The lowest BCUT2D eigenvalue weighted by molar-refractivity contribution is 0.0693. The van der Waals surface area contributed by atoms with Gasteiger partial charge in [-0.15, -0.1) is 0 Å². The van der Waals surface area contributed by atoms with Gasteiger partial charge in [-0.05, 0) is 28.7 Å². The van der Waals surface area contributed by atoms with Crippen molar-refractivity contribution in [3.63, 3.8) is 0 Å². The van der Waals surface area contributed by atoms with E-state index in [1.165, 1.54) is 27.5 Å². The fourth-order valence-electron chi connectivity index (χ4n) is 3.37. The Morgan fingerprint density at radius 3 is 2.26 bits per heavy atom. The maximum absolute atomic E-state index is 14.9. The highest BCUT2D eigenvalue weighted by molar-refractivity contribution is 14.1. The number of hydrogen-bond acceptors (Lipinski definition) is 6.